The quantitative estimate of drug-likeness (QED) is 0.714. The van der Waals surface area contributed by atoms with Crippen molar-refractivity contribution < 1.29 is 9.59 Å². The lowest BCUT2D eigenvalue weighted by Gasteiger charge is -2.30. The van der Waals surface area contributed by atoms with Gasteiger partial charge in [0.15, 0.2) is 0 Å². The first kappa shape index (κ1) is 22.1. The summed E-state index contributed by atoms with van der Waals surface area (Å²) in [4.78, 5) is 33.0. The summed E-state index contributed by atoms with van der Waals surface area (Å²) < 4.78 is 0. The molecule has 0 spiro atoms. The molecule has 2 aliphatic carbocycles. The molecule has 33 heavy (non-hydrogen) atoms. The summed E-state index contributed by atoms with van der Waals surface area (Å²) in [6.45, 7) is 5.22. The molecule has 3 atom stereocenters. The second kappa shape index (κ2) is 8.92. The van der Waals surface area contributed by atoms with E-state index in [4.69, 9.17) is 0 Å². The van der Waals surface area contributed by atoms with E-state index in [0.717, 1.165) is 23.1 Å². The highest BCUT2D eigenvalue weighted by molar-refractivity contribution is 5.87. The predicted octanol–water partition coefficient (Wildman–Crippen LogP) is 4.47. The van der Waals surface area contributed by atoms with Crippen molar-refractivity contribution >= 4 is 11.8 Å². The number of hydrogen-bond donors (Lipinski definition) is 1. The van der Waals surface area contributed by atoms with Crippen molar-refractivity contribution in [3.8, 4) is 11.1 Å². The molecule has 1 aliphatic heterocycles. The molecule has 5 rings (SSSR count). The van der Waals surface area contributed by atoms with Crippen LogP contribution in [0.1, 0.15) is 51.5 Å². The molecule has 2 heterocycles. The Morgan fingerprint density at radius 3 is 2.52 bits per heavy atom. The Labute approximate surface area is 197 Å². The van der Waals surface area contributed by atoms with E-state index in [2.05, 4.69) is 34.6 Å². The number of aromatic nitrogens is 1. The summed E-state index contributed by atoms with van der Waals surface area (Å²) in [6, 6.07) is 12.5. The van der Waals surface area contributed by atoms with Crippen LogP contribution < -0.4 is 5.32 Å². The van der Waals surface area contributed by atoms with Gasteiger partial charge in [-0.1, -0.05) is 37.1 Å². The van der Waals surface area contributed by atoms with Crippen molar-refractivity contribution in [1.29, 1.82) is 0 Å². The number of pyridine rings is 1. The van der Waals surface area contributed by atoms with Gasteiger partial charge in [0, 0.05) is 37.4 Å². The van der Waals surface area contributed by atoms with Gasteiger partial charge in [0.1, 0.15) is 0 Å². The number of carbonyl (C=O) groups excluding carboxylic acids is 2. The Balaban J connectivity index is 1.37. The maximum absolute atomic E-state index is 13.5. The number of carbonyl (C=O) groups is 2. The summed E-state index contributed by atoms with van der Waals surface area (Å²) >= 11 is 0. The Bertz CT molecular complexity index is 1010. The van der Waals surface area contributed by atoms with Crippen molar-refractivity contribution in [3.63, 3.8) is 0 Å². The van der Waals surface area contributed by atoms with E-state index in [0.29, 0.717) is 37.3 Å². The number of amides is 2. The van der Waals surface area contributed by atoms with Gasteiger partial charge in [-0.15, -0.1) is 0 Å². The summed E-state index contributed by atoms with van der Waals surface area (Å²) in [7, 11) is 0. The van der Waals surface area contributed by atoms with Gasteiger partial charge in [-0.25, -0.2) is 0 Å². The summed E-state index contributed by atoms with van der Waals surface area (Å²) in [5.41, 5.74) is 2.81. The molecular weight excluding hydrogens is 410 g/mol. The molecule has 0 radical (unpaired) electrons. The molecule has 0 bridgehead atoms. The molecular formula is C28H35N3O2. The van der Waals surface area contributed by atoms with Crippen LogP contribution in [0, 0.1) is 23.2 Å². The number of nitrogens with zero attached hydrogens (tertiary/aromatic N) is 2. The molecule has 5 nitrogen and oxygen atoms in total. The third-order valence-corrected chi connectivity index (χ3v) is 7.99. The smallest absolute Gasteiger partial charge is 0.228 e. The maximum Gasteiger partial charge on any atom is 0.228 e. The molecule has 3 fully saturated rings. The minimum absolute atomic E-state index is 0.0774. The molecule has 5 heteroatoms. The summed E-state index contributed by atoms with van der Waals surface area (Å²) in [6.07, 6.45) is 9.90. The van der Waals surface area contributed by atoms with Crippen molar-refractivity contribution in [2.75, 3.05) is 13.1 Å². The fraction of sp³-hybridized carbons (Fsp3) is 0.536. The van der Waals surface area contributed by atoms with Crippen LogP contribution in [0.4, 0.5) is 0 Å². The fourth-order valence-electron chi connectivity index (χ4n) is 6.25. The minimum Gasteiger partial charge on any atom is -0.353 e. The van der Waals surface area contributed by atoms with Crippen LogP contribution in [-0.2, 0) is 16.0 Å². The van der Waals surface area contributed by atoms with E-state index >= 15 is 0 Å². The van der Waals surface area contributed by atoms with Crippen LogP contribution in [0.5, 0.6) is 0 Å². The van der Waals surface area contributed by atoms with E-state index in [9.17, 15) is 9.59 Å². The monoisotopic (exact) mass is 445 g/mol. The lowest BCUT2D eigenvalue weighted by Crippen LogP contribution is -2.47. The van der Waals surface area contributed by atoms with E-state index in [1.54, 1.807) is 12.4 Å². The number of fused-ring (bicyclic) bond motifs is 1. The molecule has 1 saturated heterocycles. The van der Waals surface area contributed by atoms with Gasteiger partial charge in [-0.05, 0) is 80.2 Å². The van der Waals surface area contributed by atoms with E-state index < -0.39 is 5.41 Å². The molecule has 0 unspecified atom stereocenters. The normalized spacial score (nSPS) is 28.5. The topological polar surface area (TPSA) is 62.3 Å². The maximum atomic E-state index is 13.5. The third kappa shape index (κ3) is 4.42. The van der Waals surface area contributed by atoms with Gasteiger partial charge in [-0.2, -0.15) is 0 Å². The highest BCUT2D eigenvalue weighted by Gasteiger charge is 2.57. The first-order valence-corrected chi connectivity index (χ1v) is 12.6. The van der Waals surface area contributed by atoms with Crippen LogP contribution in [0.25, 0.3) is 11.1 Å². The highest BCUT2D eigenvalue weighted by Crippen LogP contribution is 2.56. The number of likely N-dealkylation sites (tertiary alicyclic amines) is 1. The molecule has 174 valence electrons. The SMILES string of the molecule is CC(C)NC(=O)[C@]1(Cc2cccc(-c3ccncc3)c2)CCN(C(=O)C2[C@@H]3CCCC[C@@H]23)C1. The average Bonchev–Trinajstić information content (AvgIpc) is 3.40. The zero-order chi connectivity index (χ0) is 23.0. The van der Waals surface area contributed by atoms with Crippen LogP contribution >= 0.6 is 0 Å². The highest BCUT2D eigenvalue weighted by atomic mass is 16.2. The zero-order valence-corrected chi connectivity index (χ0v) is 19.8. The van der Waals surface area contributed by atoms with Crippen LogP contribution in [-0.4, -0.2) is 40.8 Å². The summed E-state index contributed by atoms with van der Waals surface area (Å²) in [5.74, 6) is 1.80. The largest absolute Gasteiger partial charge is 0.353 e. The lowest BCUT2D eigenvalue weighted by atomic mass is 9.79. The van der Waals surface area contributed by atoms with Crippen molar-refractivity contribution in [3.05, 3.63) is 54.4 Å². The molecule has 1 aromatic heterocycles. The summed E-state index contributed by atoms with van der Waals surface area (Å²) in [5, 5.41) is 3.16. The molecule has 2 aromatic rings. The number of benzene rings is 1. The van der Waals surface area contributed by atoms with Crippen molar-refractivity contribution in [1.82, 2.24) is 15.2 Å². The third-order valence-electron chi connectivity index (χ3n) is 7.99. The van der Waals surface area contributed by atoms with Crippen LogP contribution in [0.2, 0.25) is 0 Å². The standard InChI is InChI=1S/C28H35N3O2/c1-19(2)30-27(33)28(17-20-6-5-7-22(16-20)21-10-13-29-14-11-21)12-15-31(18-28)26(32)25-23-8-3-4-9-24(23)25/h5-7,10-11,13-14,16,19,23-25H,3-4,8-9,12,15,17-18H2,1-2H3,(H,30,33)/t23-,24-,28+/m1/s1. The van der Waals surface area contributed by atoms with Crippen molar-refractivity contribution in [2.45, 2.75) is 58.4 Å². The van der Waals surface area contributed by atoms with Gasteiger partial charge in [-0.3, -0.25) is 14.6 Å². The van der Waals surface area contributed by atoms with Gasteiger partial charge in [0.25, 0.3) is 0 Å². The Hall–Kier alpha value is -2.69. The Morgan fingerprint density at radius 1 is 1.09 bits per heavy atom. The van der Waals surface area contributed by atoms with Gasteiger partial charge < -0.3 is 10.2 Å². The number of rotatable bonds is 6. The molecule has 2 amide bonds. The van der Waals surface area contributed by atoms with E-state index in [1.165, 1.54) is 25.7 Å². The number of nitrogens with one attached hydrogen (secondary N) is 1. The first-order chi connectivity index (χ1) is 16.0. The predicted molar refractivity (Wildman–Crippen MR) is 129 cm³/mol. The van der Waals surface area contributed by atoms with Gasteiger partial charge >= 0.3 is 0 Å². The lowest BCUT2D eigenvalue weighted by molar-refractivity contribution is -0.134. The first-order valence-electron chi connectivity index (χ1n) is 12.6. The molecule has 3 aliphatic rings. The molecule has 1 N–H and O–H groups in total. The van der Waals surface area contributed by atoms with Gasteiger partial charge in [0.05, 0.1) is 5.41 Å². The second-order valence-electron chi connectivity index (χ2n) is 10.7. The number of hydrogen-bond acceptors (Lipinski definition) is 3. The zero-order valence-electron chi connectivity index (χ0n) is 19.8. The molecule has 1 aromatic carbocycles. The Morgan fingerprint density at radius 2 is 1.82 bits per heavy atom. The van der Waals surface area contributed by atoms with Gasteiger partial charge in [0.2, 0.25) is 11.8 Å². The van der Waals surface area contributed by atoms with Crippen LogP contribution in [0.3, 0.4) is 0 Å². The van der Waals surface area contributed by atoms with Crippen LogP contribution in [0.15, 0.2) is 48.8 Å². The minimum atomic E-state index is -0.573. The average molecular weight is 446 g/mol. The van der Waals surface area contributed by atoms with E-state index in [-0.39, 0.29) is 17.9 Å². The second-order valence-corrected chi connectivity index (χ2v) is 10.7. The van der Waals surface area contributed by atoms with E-state index in [1.807, 2.05) is 30.9 Å². The molecule has 2 saturated carbocycles. The van der Waals surface area contributed by atoms with Crippen molar-refractivity contribution in [2.24, 2.45) is 23.2 Å². The Kier molecular flexibility index (Phi) is 5.98. The fourth-order valence-corrected chi connectivity index (χ4v) is 6.25.